The van der Waals surface area contributed by atoms with E-state index in [9.17, 15) is 9.18 Å². The van der Waals surface area contributed by atoms with Crippen molar-refractivity contribution < 1.29 is 18.7 Å². The van der Waals surface area contributed by atoms with E-state index < -0.39 is 5.60 Å². The van der Waals surface area contributed by atoms with Crippen LogP contribution in [0.3, 0.4) is 0 Å². The van der Waals surface area contributed by atoms with Crippen LogP contribution in [-0.4, -0.2) is 18.6 Å². The number of halogens is 2. The summed E-state index contributed by atoms with van der Waals surface area (Å²) in [7, 11) is 0. The first-order chi connectivity index (χ1) is 12.5. The van der Waals surface area contributed by atoms with Crippen LogP contribution in [0, 0.1) is 5.82 Å². The van der Waals surface area contributed by atoms with Crippen LogP contribution in [0.15, 0.2) is 58.6 Å². The molecule has 2 aliphatic rings. The summed E-state index contributed by atoms with van der Waals surface area (Å²) in [6, 6.07) is 11.8. The summed E-state index contributed by atoms with van der Waals surface area (Å²) in [5, 5.41) is 2.74. The molecule has 2 atom stereocenters. The maximum Gasteiger partial charge on any atom is 0.261 e. The molecule has 0 saturated heterocycles. The standard InChI is InChI=1S/C20H17BrFNO3/c1-12-8-16(11-25-15-5-2-13(21)3-6-15)26-20(10-12)17-7-4-14(22)9-18(17)23-19(20)24/h2-9,16H,10-11H2,1H3,(H,23,24)/t16-,20+/m0/s1. The molecule has 4 rings (SSSR count). The third kappa shape index (κ3) is 3.04. The molecule has 0 aliphatic carbocycles. The van der Waals surface area contributed by atoms with Gasteiger partial charge in [0.05, 0.1) is 5.69 Å². The summed E-state index contributed by atoms with van der Waals surface area (Å²) in [6.07, 6.45) is 2.03. The van der Waals surface area contributed by atoms with Gasteiger partial charge in [-0.15, -0.1) is 0 Å². The lowest BCUT2D eigenvalue weighted by Gasteiger charge is -2.35. The van der Waals surface area contributed by atoms with Crippen molar-refractivity contribution in [1.29, 1.82) is 0 Å². The maximum absolute atomic E-state index is 13.5. The fourth-order valence-electron chi connectivity index (χ4n) is 3.50. The SMILES string of the molecule is CC1=C[C@@H](COc2ccc(Br)cc2)O[C@@]2(C1)C(=O)Nc1cc(F)ccc12. The highest BCUT2D eigenvalue weighted by Gasteiger charge is 2.51. The van der Waals surface area contributed by atoms with Crippen molar-refractivity contribution in [3.63, 3.8) is 0 Å². The van der Waals surface area contributed by atoms with Gasteiger partial charge >= 0.3 is 0 Å². The van der Waals surface area contributed by atoms with E-state index in [-0.39, 0.29) is 24.4 Å². The maximum atomic E-state index is 13.5. The molecule has 0 fully saturated rings. The van der Waals surface area contributed by atoms with E-state index in [0.29, 0.717) is 17.7 Å². The Balaban J connectivity index is 1.58. The molecule has 1 amide bonds. The molecular weight excluding hydrogens is 401 g/mol. The van der Waals surface area contributed by atoms with E-state index in [1.807, 2.05) is 37.3 Å². The van der Waals surface area contributed by atoms with E-state index in [2.05, 4.69) is 21.2 Å². The molecule has 0 saturated carbocycles. The monoisotopic (exact) mass is 417 g/mol. The molecule has 4 nitrogen and oxygen atoms in total. The van der Waals surface area contributed by atoms with Crippen LogP contribution in [0.4, 0.5) is 10.1 Å². The van der Waals surface area contributed by atoms with Gasteiger partial charge in [-0.1, -0.05) is 33.6 Å². The van der Waals surface area contributed by atoms with Crippen LogP contribution >= 0.6 is 15.9 Å². The number of fused-ring (bicyclic) bond motifs is 2. The first-order valence-corrected chi connectivity index (χ1v) is 9.10. The highest BCUT2D eigenvalue weighted by molar-refractivity contribution is 9.10. The van der Waals surface area contributed by atoms with Crippen LogP contribution in [-0.2, 0) is 15.1 Å². The lowest BCUT2D eigenvalue weighted by molar-refractivity contribution is -0.151. The third-order valence-corrected chi connectivity index (χ3v) is 5.14. The average Bonchev–Trinajstić information content (AvgIpc) is 2.84. The van der Waals surface area contributed by atoms with Crippen molar-refractivity contribution in [2.24, 2.45) is 0 Å². The first kappa shape index (κ1) is 17.2. The summed E-state index contributed by atoms with van der Waals surface area (Å²) in [6.45, 7) is 2.25. The van der Waals surface area contributed by atoms with E-state index in [1.54, 1.807) is 6.07 Å². The van der Waals surface area contributed by atoms with Crippen LogP contribution in [0.5, 0.6) is 5.75 Å². The van der Waals surface area contributed by atoms with Gasteiger partial charge in [-0.05, 0) is 43.3 Å². The van der Waals surface area contributed by atoms with Crippen LogP contribution in [0.1, 0.15) is 18.9 Å². The Morgan fingerprint density at radius 3 is 2.85 bits per heavy atom. The predicted molar refractivity (Wildman–Crippen MR) is 99.6 cm³/mol. The van der Waals surface area contributed by atoms with E-state index in [0.717, 1.165) is 15.8 Å². The van der Waals surface area contributed by atoms with Crippen molar-refractivity contribution in [2.75, 3.05) is 11.9 Å². The number of rotatable bonds is 3. The molecular formula is C20H17BrFNO3. The summed E-state index contributed by atoms with van der Waals surface area (Å²) in [5.74, 6) is 0.0688. The summed E-state index contributed by atoms with van der Waals surface area (Å²) in [4.78, 5) is 12.7. The Bertz CT molecular complexity index is 896. The molecule has 1 N–H and O–H groups in total. The van der Waals surface area contributed by atoms with Crippen molar-refractivity contribution in [3.8, 4) is 5.75 Å². The number of anilines is 1. The Kier molecular flexibility index (Phi) is 4.32. The molecule has 1 spiro atoms. The van der Waals surface area contributed by atoms with Crippen molar-refractivity contribution in [3.05, 3.63) is 70.0 Å². The van der Waals surface area contributed by atoms with E-state index >= 15 is 0 Å². The number of amides is 1. The fourth-order valence-corrected chi connectivity index (χ4v) is 3.77. The molecule has 0 aromatic heterocycles. The molecule has 6 heteroatoms. The van der Waals surface area contributed by atoms with Crippen LogP contribution < -0.4 is 10.1 Å². The van der Waals surface area contributed by atoms with Crippen LogP contribution in [0.25, 0.3) is 0 Å². The number of carbonyl (C=O) groups excluding carboxylic acids is 1. The second kappa shape index (κ2) is 6.52. The zero-order chi connectivity index (χ0) is 18.3. The molecule has 134 valence electrons. The minimum Gasteiger partial charge on any atom is -0.491 e. The van der Waals surface area contributed by atoms with Gasteiger partial charge in [0, 0.05) is 16.5 Å². The van der Waals surface area contributed by atoms with Gasteiger partial charge in [0.2, 0.25) is 0 Å². The Hall–Kier alpha value is -2.18. The smallest absolute Gasteiger partial charge is 0.261 e. The minimum absolute atomic E-state index is 0.265. The van der Waals surface area contributed by atoms with Gasteiger partial charge in [0.1, 0.15) is 24.3 Å². The van der Waals surface area contributed by atoms with Crippen molar-refractivity contribution in [2.45, 2.75) is 25.0 Å². The topological polar surface area (TPSA) is 47.6 Å². The van der Waals surface area contributed by atoms with Gasteiger partial charge in [-0.25, -0.2) is 4.39 Å². The summed E-state index contributed by atoms with van der Waals surface area (Å²) in [5.41, 5.74) is 1.05. The van der Waals surface area contributed by atoms with Gasteiger partial charge in [0.15, 0.2) is 5.60 Å². The second-order valence-electron chi connectivity index (χ2n) is 6.58. The number of carbonyl (C=O) groups is 1. The first-order valence-electron chi connectivity index (χ1n) is 8.31. The average molecular weight is 418 g/mol. The molecule has 0 unspecified atom stereocenters. The molecule has 2 aliphatic heterocycles. The van der Waals surface area contributed by atoms with E-state index in [4.69, 9.17) is 9.47 Å². The predicted octanol–water partition coefficient (Wildman–Crippen LogP) is 4.55. The zero-order valence-electron chi connectivity index (χ0n) is 14.1. The number of hydrogen-bond acceptors (Lipinski definition) is 3. The van der Waals surface area contributed by atoms with Crippen LogP contribution in [0.2, 0.25) is 0 Å². The molecule has 2 aromatic carbocycles. The zero-order valence-corrected chi connectivity index (χ0v) is 15.7. The van der Waals surface area contributed by atoms with Crippen molar-refractivity contribution >= 4 is 27.5 Å². The number of ether oxygens (including phenoxy) is 2. The Labute approximate surface area is 159 Å². The normalized spacial score (nSPS) is 24.2. The van der Waals surface area contributed by atoms with E-state index in [1.165, 1.54) is 12.1 Å². The molecule has 0 radical (unpaired) electrons. The fraction of sp³-hybridized carbons (Fsp3) is 0.250. The molecule has 0 bridgehead atoms. The number of nitrogens with one attached hydrogen (secondary N) is 1. The molecule has 2 aromatic rings. The van der Waals surface area contributed by atoms with Gasteiger partial charge in [-0.3, -0.25) is 4.79 Å². The highest BCUT2D eigenvalue weighted by Crippen LogP contribution is 2.46. The van der Waals surface area contributed by atoms with Crippen molar-refractivity contribution in [1.82, 2.24) is 0 Å². The highest BCUT2D eigenvalue weighted by atomic mass is 79.9. The lowest BCUT2D eigenvalue weighted by atomic mass is 9.85. The molecule has 26 heavy (non-hydrogen) atoms. The Morgan fingerprint density at radius 2 is 2.08 bits per heavy atom. The quantitative estimate of drug-likeness (QED) is 0.745. The minimum atomic E-state index is -1.13. The van der Waals surface area contributed by atoms with Gasteiger partial charge in [0.25, 0.3) is 5.91 Å². The van der Waals surface area contributed by atoms with Gasteiger partial charge in [-0.2, -0.15) is 0 Å². The number of benzene rings is 2. The summed E-state index contributed by atoms with van der Waals surface area (Å²) < 4.78 is 26.5. The molecule has 2 heterocycles. The summed E-state index contributed by atoms with van der Waals surface area (Å²) >= 11 is 3.39. The number of hydrogen-bond donors (Lipinski definition) is 1. The Morgan fingerprint density at radius 1 is 1.31 bits per heavy atom. The second-order valence-corrected chi connectivity index (χ2v) is 7.50. The van der Waals surface area contributed by atoms with Gasteiger partial charge < -0.3 is 14.8 Å². The largest absolute Gasteiger partial charge is 0.491 e. The lowest BCUT2D eigenvalue weighted by Crippen LogP contribution is -2.44. The third-order valence-electron chi connectivity index (χ3n) is 4.61.